The van der Waals surface area contributed by atoms with Crippen LogP contribution in [-0.4, -0.2) is 44.6 Å². The van der Waals surface area contributed by atoms with Gasteiger partial charge in [-0.1, -0.05) is 23.4 Å². The zero-order chi connectivity index (χ0) is 23.3. The van der Waals surface area contributed by atoms with E-state index < -0.39 is 0 Å². The lowest BCUT2D eigenvalue weighted by Crippen LogP contribution is -2.14. The molecular weight excluding hydrogens is 474 g/mol. The lowest BCUT2D eigenvalue weighted by molar-refractivity contribution is -0.113. The van der Waals surface area contributed by atoms with Gasteiger partial charge in [-0.05, 0) is 48.5 Å². The van der Waals surface area contributed by atoms with Crippen LogP contribution in [0.3, 0.4) is 0 Å². The second kappa shape index (κ2) is 10.1. The van der Waals surface area contributed by atoms with Crippen LogP contribution in [0, 0.1) is 0 Å². The third kappa shape index (κ3) is 5.00. The predicted molar refractivity (Wildman–Crippen MR) is 131 cm³/mol. The van der Waals surface area contributed by atoms with E-state index in [2.05, 4.69) is 20.5 Å². The molecule has 0 saturated carbocycles. The minimum atomic E-state index is -0.171. The highest BCUT2D eigenvalue weighted by molar-refractivity contribution is 7.99. The second-order valence-corrected chi connectivity index (χ2v) is 8.78. The zero-order valence-corrected chi connectivity index (χ0v) is 19.6. The number of nitrogens with one attached hydrogen (secondary N) is 1. The van der Waals surface area contributed by atoms with Crippen LogP contribution in [0.15, 0.2) is 72.1 Å². The Balaban J connectivity index is 1.34. The van der Waals surface area contributed by atoms with E-state index in [1.165, 1.54) is 11.8 Å². The molecule has 1 aliphatic rings. The normalized spacial score (nSPS) is 12.7. The molecule has 0 atom stereocenters. The monoisotopic (exact) mass is 493 g/mol. The van der Waals surface area contributed by atoms with Gasteiger partial charge in [0.05, 0.1) is 19.0 Å². The summed E-state index contributed by atoms with van der Waals surface area (Å²) >= 11 is 7.37. The number of amides is 1. The minimum absolute atomic E-state index is 0.149. The van der Waals surface area contributed by atoms with Gasteiger partial charge in [-0.2, -0.15) is 0 Å². The number of nitrogens with zero attached hydrogens (tertiary/aromatic N) is 4. The van der Waals surface area contributed by atoms with Crippen LogP contribution in [0.5, 0.6) is 11.5 Å². The fourth-order valence-corrected chi connectivity index (χ4v) is 4.32. The van der Waals surface area contributed by atoms with Crippen LogP contribution in [0.1, 0.15) is 6.42 Å². The largest absolute Gasteiger partial charge is 0.490 e. The van der Waals surface area contributed by atoms with Crippen LogP contribution in [0.2, 0.25) is 5.02 Å². The molecular formula is C24H20ClN5O3S. The molecule has 2 aromatic carbocycles. The summed E-state index contributed by atoms with van der Waals surface area (Å²) in [5.74, 6) is 1.94. The Morgan fingerprint density at radius 3 is 2.56 bits per heavy atom. The van der Waals surface area contributed by atoms with Crippen molar-refractivity contribution in [3.63, 3.8) is 0 Å². The summed E-state index contributed by atoms with van der Waals surface area (Å²) in [7, 11) is 0. The molecule has 0 spiro atoms. The molecule has 3 heterocycles. The van der Waals surface area contributed by atoms with Gasteiger partial charge in [0, 0.05) is 46.8 Å². The van der Waals surface area contributed by atoms with Crippen molar-refractivity contribution in [2.24, 2.45) is 0 Å². The maximum atomic E-state index is 12.7. The van der Waals surface area contributed by atoms with Crippen molar-refractivity contribution in [1.82, 2.24) is 19.7 Å². The molecule has 1 amide bonds. The van der Waals surface area contributed by atoms with Crippen molar-refractivity contribution in [3.05, 3.63) is 72.0 Å². The van der Waals surface area contributed by atoms with Crippen LogP contribution in [0.4, 0.5) is 5.69 Å². The van der Waals surface area contributed by atoms with Gasteiger partial charge in [0.1, 0.15) is 0 Å². The van der Waals surface area contributed by atoms with Gasteiger partial charge >= 0.3 is 0 Å². The van der Waals surface area contributed by atoms with E-state index in [9.17, 15) is 4.79 Å². The Kier molecular flexibility index (Phi) is 6.64. The molecule has 0 radical (unpaired) electrons. The quantitative estimate of drug-likeness (QED) is 0.383. The molecule has 172 valence electrons. The van der Waals surface area contributed by atoms with Crippen LogP contribution in [0.25, 0.3) is 17.1 Å². The van der Waals surface area contributed by atoms with Crippen molar-refractivity contribution in [2.45, 2.75) is 11.6 Å². The first-order chi connectivity index (χ1) is 16.7. The molecule has 8 nitrogen and oxygen atoms in total. The predicted octanol–water partition coefficient (Wildman–Crippen LogP) is 4.87. The molecule has 1 N–H and O–H groups in total. The number of ether oxygens (including phenoxy) is 2. The molecule has 2 aromatic heterocycles. The molecule has 0 aliphatic carbocycles. The number of hydrogen-bond donors (Lipinski definition) is 1. The number of benzene rings is 2. The number of hydrogen-bond acceptors (Lipinski definition) is 7. The average molecular weight is 494 g/mol. The van der Waals surface area contributed by atoms with Crippen molar-refractivity contribution in [1.29, 1.82) is 0 Å². The zero-order valence-electron chi connectivity index (χ0n) is 18.0. The van der Waals surface area contributed by atoms with E-state index in [1.54, 1.807) is 36.7 Å². The molecule has 0 fully saturated rings. The number of carbonyl (C=O) groups excluding carboxylic acids is 1. The smallest absolute Gasteiger partial charge is 0.234 e. The lowest BCUT2D eigenvalue weighted by Gasteiger charge is -2.11. The fourth-order valence-electron chi connectivity index (χ4n) is 3.44. The van der Waals surface area contributed by atoms with Gasteiger partial charge in [-0.15, -0.1) is 10.2 Å². The van der Waals surface area contributed by atoms with E-state index in [0.29, 0.717) is 46.4 Å². The average Bonchev–Trinajstić information content (AvgIpc) is 3.14. The van der Waals surface area contributed by atoms with Crippen LogP contribution < -0.4 is 14.8 Å². The highest BCUT2D eigenvalue weighted by atomic mass is 35.5. The number of anilines is 1. The lowest BCUT2D eigenvalue weighted by atomic mass is 10.2. The van der Waals surface area contributed by atoms with E-state index in [-0.39, 0.29) is 11.7 Å². The number of carbonyl (C=O) groups is 1. The summed E-state index contributed by atoms with van der Waals surface area (Å²) in [4.78, 5) is 16.8. The maximum absolute atomic E-state index is 12.7. The van der Waals surface area contributed by atoms with Crippen molar-refractivity contribution in [3.8, 4) is 28.6 Å². The molecule has 34 heavy (non-hydrogen) atoms. The number of pyridine rings is 1. The summed E-state index contributed by atoms with van der Waals surface area (Å²) in [5, 5.41) is 12.8. The Hall–Kier alpha value is -3.56. The van der Waals surface area contributed by atoms with E-state index >= 15 is 0 Å². The van der Waals surface area contributed by atoms with Gasteiger partial charge < -0.3 is 14.8 Å². The molecule has 5 rings (SSSR count). The highest BCUT2D eigenvalue weighted by Gasteiger charge is 2.18. The number of fused-ring (bicyclic) bond motifs is 1. The Bertz CT molecular complexity index is 1300. The van der Waals surface area contributed by atoms with E-state index in [1.807, 2.05) is 34.9 Å². The molecule has 10 heteroatoms. The fraction of sp³-hybridized carbons (Fsp3) is 0.167. The number of thioether (sulfide) groups is 1. The van der Waals surface area contributed by atoms with Crippen LogP contribution in [-0.2, 0) is 4.79 Å². The van der Waals surface area contributed by atoms with Crippen molar-refractivity contribution >= 4 is 35.0 Å². The minimum Gasteiger partial charge on any atom is -0.490 e. The summed E-state index contributed by atoms with van der Waals surface area (Å²) < 4.78 is 13.2. The molecule has 4 aromatic rings. The van der Waals surface area contributed by atoms with Gasteiger partial charge in [0.15, 0.2) is 22.5 Å². The first-order valence-electron chi connectivity index (χ1n) is 10.6. The SMILES string of the molecule is O=C(CSc1nnc(-c2ccncc2)n1-c1ccc(Cl)cc1)Nc1ccc2c(c1)OCCCO2. The Labute approximate surface area is 205 Å². The molecule has 0 saturated heterocycles. The number of aromatic nitrogens is 4. The van der Waals surface area contributed by atoms with E-state index in [4.69, 9.17) is 21.1 Å². The maximum Gasteiger partial charge on any atom is 0.234 e. The Morgan fingerprint density at radius 1 is 1.00 bits per heavy atom. The summed E-state index contributed by atoms with van der Waals surface area (Å²) in [6, 6.07) is 16.5. The number of halogens is 1. The first-order valence-corrected chi connectivity index (χ1v) is 12.0. The second-order valence-electron chi connectivity index (χ2n) is 7.40. The van der Waals surface area contributed by atoms with Crippen LogP contribution >= 0.6 is 23.4 Å². The van der Waals surface area contributed by atoms with Gasteiger partial charge in [0.2, 0.25) is 5.91 Å². The van der Waals surface area contributed by atoms with Gasteiger partial charge in [-0.25, -0.2) is 0 Å². The summed E-state index contributed by atoms with van der Waals surface area (Å²) in [5.41, 5.74) is 2.35. The molecule has 1 aliphatic heterocycles. The topological polar surface area (TPSA) is 91.2 Å². The first kappa shape index (κ1) is 22.2. The number of rotatable bonds is 6. The summed E-state index contributed by atoms with van der Waals surface area (Å²) in [6.07, 6.45) is 4.22. The van der Waals surface area contributed by atoms with Crippen molar-refractivity contribution in [2.75, 3.05) is 24.3 Å². The molecule has 0 unspecified atom stereocenters. The third-order valence-electron chi connectivity index (χ3n) is 5.02. The standard InChI is InChI=1S/C24H20ClN5O3S/c25-17-2-5-19(6-3-17)30-23(16-8-10-26-11-9-16)28-29-24(30)34-15-22(31)27-18-4-7-20-21(14-18)33-13-1-12-32-20/h2-11,14H,1,12-13,15H2,(H,27,31). The Morgan fingerprint density at radius 2 is 1.76 bits per heavy atom. The highest BCUT2D eigenvalue weighted by Crippen LogP contribution is 2.33. The van der Waals surface area contributed by atoms with E-state index in [0.717, 1.165) is 17.7 Å². The van der Waals surface area contributed by atoms with Gasteiger partial charge in [-0.3, -0.25) is 14.3 Å². The van der Waals surface area contributed by atoms with Crippen molar-refractivity contribution < 1.29 is 14.3 Å². The molecule has 0 bridgehead atoms. The third-order valence-corrected chi connectivity index (χ3v) is 6.20. The summed E-state index contributed by atoms with van der Waals surface area (Å²) in [6.45, 7) is 1.20. The van der Waals surface area contributed by atoms with Gasteiger partial charge in [0.25, 0.3) is 0 Å².